The predicted molar refractivity (Wildman–Crippen MR) is 68.4 cm³/mol. The first-order valence-corrected chi connectivity index (χ1v) is 6.13. The Hall–Kier alpha value is -1.57. The highest BCUT2D eigenvalue weighted by molar-refractivity contribution is 5.81. The van der Waals surface area contributed by atoms with E-state index in [2.05, 4.69) is 19.1 Å². The molecule has 0 saturated heterocycles. The summed E-state index contributed by atoms with van der Waals surface area (Å²) in [6, 6.07) is 10.3. The number of benzene rings is 1. The first kappa shape index (κ1) is 11.9. The van der Waals surface area contributed by atoms with Gasteiger partial charge in [-0.1, -0.05) is 35.9 Å². The van der Waals surface area contributed by atoms with Gasteiger partial charge in [0.05, 0.1) is 12.5 Å². The molecule has 1 unspecified atom stereocenters. The smallest absolute Gasteiger partial charge is 0.309 e. The highest BCUT2D eigenvalue weighted by atomic mass is 16.5. The number of hydrogen-bond acceptors (Lipinski definition) is 2. The molecular formula is C15H18O2. The lowest BCUT2D eigenvalue weighted by Crippen LogP contribution is -2.15. The number of rotatable bonds is 3. The van der Waals surface area contributed by atoms with Crippen molar-refractivity contribution in [1.82, 2.24) is 0 Å². The predicted octanol–water partition coefficient (Wildman–Crippen LogP) is 3.43. The summed E-state index contributed by atoms with van der Waals surface area (Å²) in [5.41, 5.74) is 3.86. The third kappa shape index (κ3) is 2.57. The lowest BCUT2D eigenvalue weighted by Gasteiger charge is -2.09. The van der Waals surface area contributed by atoms with Gasteiger partial charge >= 0.3 is 5.97 Å². The van der Waals surface area contributed by atoms with Crippen LogP contribution in [0.5, 0.6) is 0 Å². The summed E-state index contributed by atoms with van der Waals surface area (Å²) >= 11 is 0. The fraction of sp³-hybridized carbons (Fsp3) is 0.400. The van der Waals surface area contributed by atoms with Crippen molar-refractivity contribution in [3.8, 4) is 0 Å². The van der Waals surface area contributed by atoms with Crippen LogP contribution in [0.2, 0.25) is 0 Å². The van der Waals surface area contributed by atoms with Gasteiger partial charge in [-0.3, -0.25) is 4.79 Å². The standard InChI is InChI=1S/C15H18O2/c1-3-17-15(16)13-9-11(2)14(10-13)12-7-5-4-6-8-12/h4-8,13H,3,9-10H2,1-2H3. The third-order valence-electron chi connectivity index (χ3n) is 3.26. The van der Waals surface area contributed by atoms with Crippen molar-refractivity contribution in [3.05, 3.63) is 41.5 Å². The van der Waals surface area contributed by atoms with E-state index in [1.807, 2.05) is 25.1 Å². The van der Waals surface area contributed by atoms with Crippen molar-refractivity contribution in [1.29, 1.82) is 0 Å². The first-order chi connectivity index (χ1) is 8.22. The summed E-state index contributed by atoms with van der Waals surface area (Å²) in [6.07, 6.45) is 1.65. The lowest BCUT2D eigenvalue weighted by molar-refractivity contribution is -0.147. The molecule has 2 heteroatoms. The molecule has 0 aromatic heterocycles. The minimum absolute atomic E-state index is 0.0187. The number of ether oxygens (including phenoxy) is 1. The van der Waals surface area contributed by atoms with Crippen molar-refractivity contribution in [2.45, 2.75) is 26.7 Å². The Bertz CT molecular complexity index is 431. The fourth-order valence-electron chi connectivity index (χ4n) is 2.42. The van der Waals surface area contributed by atoms with E-state index in [1.54, 1.807) is 0 Å². The zero-order chi connectivity index (χ0) is 12.3. The molecule has 0 heterocycles. The third-order valence-corrected chi connectivity index (χ3v) is 3.26. The van der Waals surface area contributed by atoms with E-state index in [-0.39, 0.29) is 11.9 Å². The minimum Gasteiger partial charge on any atom is -0.466 e. The van der Waals surface area contributed by atoms with Crippen LogP contribution in [-0.4, -0.2) is 12.6 Å². The van der Waals surface area contributed by atoms with Crippen molar-refractivity contribution in [2.24, 2.45) is 5.92 Å². The van der Waals surface area contributed by atoms with Gasteiger partial charge in [0.1, 0.15) is 0 Å². The van der Waals surface area contributed by atoms with Crippen molar-refractivity contribution >= 4 is 11.5 Å². The molecule has 0 bridgehead atoms. The molecule has 0 fully saturated rings. The van der Waals surface area contributed by atoms with Gasteiger partial charge in [0, 0.05) is 0 Å². The first-order valence-electron chi connectivity index (χ1n) is 6.13. The second kappa shape index (κ2) is 5.17. The summed E-state index contributed by atoms with van der Waals surface area (Å²) in [6.45, 7) is 4.43. The van der Waals surface area contributed by atoms with Crippen LogP contribution >= 0.6 is 0 Å². The largest absolute Gasteiger partial charge is 0.466 e. The molecule has 2 nitrogen and oxygen atoms in total. The maximum Gasteiger partial charge on any atom is 0.309 e. The number of esters is 1. The number of carbonyl (C=O) groups is 1. The Balaban J connectivity index is 2.11. The topological polar surface area (TPSA) is 26.3 Å². The van der Waals surface area contributed by atoms with Gasteiger partial charge in [0.2, 0.25) is 0 Å². The molecule has 0 radical (unpaired) electrons. The molecule has 1 aliphatic carbocycles. The van der Waals surface area contributed by atoms with Gasteiger partial charge in [0.25, 0.3) is 0 Å². The molecule has 0 saturated carbocycles. The average Bonchev–Trinajstić information content (AvgIpc) is 2.73. The maximum absolute atomic E-state index is 11.7. The zero-order valence-corrected chi connectivity index (χ0v) is 10.4. The Morgan fingerprint density at radius 3 is 2.65 bits per heavy atom. The molecule has 1 atom stereocenters. The highest BCUT2D eigenvalue weighted by Crippen LogP contribution is 2.38. The van der Waals surface area contributed by atoms with Crippen LogP contribution in [0.25, 0.3) is 5.57 Å². The SMILES string of the molecule is CCOC(=O)C1CC(C)=C(c2ccccc2)C1. The molecular weight excluding hydrogens is 212 g/mol. The fourth-order valence-corrected chi connectivity index (χ4v) is 2.42. The van der Waals surface area contributed by atoms with E-state index in [9.17, 15) is 4.79 Å². The monoisotopic (exact) mass is 230 g/mol. The molecule has 2 rings (SSSR count). The van der Waals surface area contributed by atoms with Gasteiger partial charge in [0.15, 0.2) is 0 Å². The quantitative estimate of drug-likeness (QED) is 0.743. The van der Waals surface area contributed by atoms with Crippen LogP contribution in [0.15, 0.2) is 35.9 Å². The van der Waals surface area contributed by atoms with Crippen LogP contribution in [0.4, 0.5) is 0 Å². The lowest BCUT2D eigenvalue weighted by atomic mass is 10.0. The normalized spacial score (nSPS) is 19.5. The molecule has 0 spiro atoms. The summed E-state index contributed by atoms with van der Waals surface area (Å²) in [4.78, 5) is 11.7. The minimum atomic E-state index is -0.0576. The highest BCUT2D eigenvalue weighted by Gasteiger charge is 2.28. The number of carbonyl (C=O) groups excluding carboxylic acids is 1. The zero-order valence-electron chi connectivity index (χ0n) is 10.4. The molecule has 1 aromatic carbocycles. The summed E-state index contributed by atoms with van der Waals surface area (Å²) in [5.74, 6) is -0.0389. The van der Waals surface area contributed by atoms with Gasteiger partial charge in [-0.2, -0.15) is 0 Å². The molecule has 0 amide bonds. The Morgan fingerprint density at radius 1 is 1.29 bits per heavy atom. The van der Waals surface area contributed by atoms with Crippen molar-refractivity contribution in [3.63, 3.8) is 0 Å². The molecule has 0 N–H and O–H groups in total. The molecule has 0 aliphatic heterocycles. The molecule has 17 heavy (non-hydrogen) atoms. The molecule has 1 aliphatic rings. The van der Waals surface area contributed by atoms with Crippen LogP contribution in [-0.2, 0) is 9.53 Å². The van der Waals surface area contributed by atoms with Crippen molar-refractivity contribution in [2.75, 3.05) is 6.61 Å². The second-order valence-electron chi connectivity index (χ2n) is 4.48. The van der Waals surface area contributed by atoms with E-state index < -0.39 is 0 Å². The average molecular weight is 230 g/mol. The Kier molecular flexibility index (Phi) is 3.62. The second-order valence-corrected chi connectivity index (χ2v) is 4.48. The van der Waals surface area contributed by atoms with Crippen LogP contribution in [0, 0.1) is 5.92 Å². The van der Waals surface area contributed by atoms with Crippen LogP contribution in [0.3, 0.4) is 0 Å². The van der Waals surface area contributed by atoms with E-state index in [0.29, 0.717) is 6.61 Å². The summed E-state index contributed by atoms with van der Waals surface area (Å²) < 4.78 is 5.09. The van der Waals surface area contributed by atoms with Crippen LogP contribution in [0.1, 0.15) is 32.3 Å². The number of allylic oxidation sites excluding steroid dienone is 2. The Morgan fingerprint density at radius 2 is 2.00 bits per heavy atom. The Labute approximate surface area is 102 Å². The molecule has 1 aromatic rings. The van der Waals surface area contributed by atoms with Crippen LogP contribution < -0.4 is 0 Å². The van der Waals surface area contributed by atoms with E-state index in [1.165, 1.54) is 16.7 Å². The summed E-state index contributed by atoms with van der Waals surface area (Å²) in [7, 11) is 0. The van der Waals surface area contributed by atoms with Gasteiger partial charge < -0.3 is 4.74 Å². The maximum atomic E-state index is 11.7. The summed E-state index contributed by atoms with van der Waals surface area (Å²) in [5, 5.41) is 0. The number of hydrogen-bond donors (Lipinski definition) is 0. The van der Waals surface area contributed by atoms with Gasteiger partial charge in [-0.15, -0.1) is 0 Å². The van der Waals surface area contributed by atoms with E-state index >= 15 is 0 Å². The molecule has 90 valence electrons. The van der Waals surface area contributed by atoms with E-state index in [4.69, 9.17) is 4.74 Å². The van der Waals surface area contributed by atoms with E-state index in [0.717, 1.165) is 12.8 Å². The van der Waals surface area contributed by atoms with Gasteiger partial charge in [-0.05, 0) is 37.8 Å². The van der Waals surface area contributed by atoms with Crippen molar-refractivity contribution < 1.29 is 9.53 Å². The van der Waals surface area contributed by atoms with Gasteiger partial charge in [-0.25, -0.2) is 0 Å².